The van der Waals surface area contributed by atoms with E-state index in [1.165, 1.54) is 0 Å². The molecular formula is C13H24N2O3. The molecule has 1 saturated heterocycles. The lowest BCUT2D eigenvalue weighted by Crippen LogP contribution is -2.52. The number of carboxylic acids is 1. The minimum Gasteiger partial charge on any atom is -0.481 e. The molecule has 2 unspecified atom stereocenters. The Balaban J connectivity index is 2.58. The van der Waals surface area contributed by atoms with E-state index < -0.39 is 12.0 Å². The second-order valence-corrected chi connectivity index (χ2v) is 5.68. The molecule has 1 aliphatic heterocycles. The number of hydrogen-bond donors (Lipinski definition) is 2. The molecule has 18 heavy (non-hydrogen) atoms. The van der Waals surface area contributed by atoms with Gasteiger partial charge in [-0.2, -0.15) is 0 Å². The Labute approximate surface area is 108 Å². The molecule has 104 valence electrons. The van der Waals surface area contributed by atoms with Gasteiger partial charge in [0.05, 0.1) is 12.0 Å². The summed E-state index contributed by atoms with van der Waals surface area (Å²) >= 11 is 0. The molecule has 0 saturated carbocycles. The minimum atomic E-state index is -0.763. The van der Waals surface area contributed by atoms with Crippen LogP contribution in [0.5, 0.6) is 0 Å². The number of likely N-dealkylation sites (tertiary alicyclic amines) is 1. The Morgan fingerprint density at radius 2 is 2.06 bits per heavy atom. The number of aliphatic carboxylic acids is 1. The van der Waals surface area contributed by atoms with Crippen molar-refractivity contribution >= 4 is 11.9 Å². The summed E-state index contributed by atoms with van der Waals surface area (Å²) in [6, 6.07) is -0.501. The smallest absolute Gasteiger partial charge is 0.306 e. The van der Waals surface area contributed by atoms with Gasteiger partial charge in [0.15, 0.2) is 0 Å². The van der Waals surface area contributed by atoms with E-state index in [0.717, 1.165) is 0 Å². The molecule has 0 aromatic heterocycles. The van der Waals surface area contributed by atoms with Gasteiger partial charge in [-0.15, -0.1) is 0 Å². The molecule has 0 radical (unpaired) electrons. The van der Waals surface area contributed by atoms with E-state index in [-0.39, 0.29) is 17.9 Å². The number of carbonyl (C=O) groups is 2. The number of piperidine rings is 1. The van der Waals surface area contributed by atoms with Crippen molar-refractivity contribution in [3.05, 3.63) is 0 Å². The van der Waals surface area contributed by atoms with Crippen LogP contribution in [0.3, 0.4) is 0 Å². The first-order chi connectivity index (χ1) is 8.32. The maximum Gasteiger partial charge on any atom is 0.306 e. The van der Waals surface area contributed by atoms with E-state index in [2.05, 4.69) is 0 Å². The molecule has 0 aromatic carbocycles. The molecule has 3 atom stereocenters. The summed E-state index contributed by atoms with van der Waals surface area (Å²) < 4.78 is 0. The first kappa shape index (κ1) is 15.0. The summed E-state index contributed by atoms with van der Waals surface area (Å²) in [6.07, 6.45) is 1.72. The highest BCUT2D eigenvalue weighted by molar-refractivity contribution is 5.82. The van der Waals surface area contributed by atoms with Crippen molar-refractivity contribution in [3.8, 4) is 0 Å². The van der Waals surface area contributed by atoms with Crippen molar-refractivity contribution in [1.82, 2.24) is 4.90 Å². The van der Waals surface area contributed by atoms with Crippen molar-refractivity contribution in [2.75, 3.05) is 6.54 Å². The second kappa shape index (κ2) is 6.18. The highest BCUT2D eigenvalue weighted by Gasteiger charge is 2.33. The molecule has 1 heterocycles. The van der Waals surface area contributed by atoms with E-state index in [4.69, 9.17) is 10.8 Å². The van der Waals surface area contributed by atoms with E-state index >= 15 is 0 Å². The van der Waals surface area contributed by atoms with Crippen LogP contribution in [-0.4, -0.2) is 40.5 Å². The molecule has 1 fully saturated rings. The van der Waals surface area contributed by atoms with Crippen molar-refractivity contribution < 1.29 is 14.7 Å². The molecule has 1 rings (SSSR count). The van der Waals surface area contributed by atoms with Gasteiger partial charge in [-0.25, -0.2) is 0 Å². The van der Waals surface area contributed by atoms with Gasteiger partial charge >= 0.3 is 5.97 Å². The fourth-order valence-electron chi connectivity index (χ4n) is 2.55. The normalized spacial score (nSPS) is 26.2. The van der Waals surface area contributed by atoms with Gasteiger partial charge in [0.2, 0.25) is 5.91 Å². The number of rotatable bonds is 4. The number of carbonyl (C=O) groups excluding carboxylic acids is 1. The fraction of sp³-hybridized carbons (Fsp3) is 0.846. The van der Waals surface area contributed by atoms with Crippen molar-refractivity contribution in [1.29, 1.82) is 0 Å². The monoisotopic (exact) mass is 256 g/mol. The average Bonchev–Trinajstić information content (AvgIpc) is 2.26. The SMILES string of the molecule is CC(C)C[C@H](N)C(=O)N1CCC(C(=O)O)CC1C. The zero-order valence-electron chi connectivity index (χ0n) is 11.4. The third-order valence-electron chi connectivity index (χ3n) is 3.55. The first-order valence-electron chi connectivity index (χ1n) is 6.61. The van der Waals surface area contributed by atoms with Gasteiger partial charge in [0.1, 0.15) is 0 Å². The quantitative estimate of drug-likeness (QED) is 0.788. The Kier molecular flexibility index (Phi) is 5.14. The summed E-state index contributed by atoms with van der Waals surface area (Å²) in [7, 11) is 0. The van der Waals surface area contributed by atoms with Crippen molar-refractivity contribution in [2.24, 2.45) is 17.6 Å². The van der Waals surface area contributed by atoms with Crippen LogP contribution >= 0.6 is 0 Å². The lowest BCUT2D eigenvalue weighted by Gasteiger charge is -2.37. The van der Waals surface area contributed by atoms with Crippen LogP contribution in [0.1, 0.15) is 40.0 Å². The van der Waals surface area contributed by atoms with Crippen LogP contribution in [0.2, 0.25) is 0 Å². The minimum absolute atomic E-state index is 0.0365. The molecule has 0 aliphatic carbocycles. The van der Waals surface area contributed by atoms with Crippen LogP contribution in [0.25, 0.3) is 0 Å². The van der Waals surface area contributed by atoms with E-state index in [9.17, 15) is 9.59 Å². The van der Waals surface area contributed by atoms with Crippen LogP contribution < -0.4 is 5.73 Å². The fourth-order valence-corrected chi connectivity index (χ4v) is 2.55. The van der Waals surface area contributed by atoms with Gasteiger partial charge < -0.3 is 15.7 Å². The third-order valence-corrected chi connectivity index (χ3v) is 3.55. The number of nitrogens with zero attached hydrogens (tertiary/aromatic N) is 1. The standard InChI is InChI=1S/C13H24N2O3/c1-8(2)6-11(14)12(16)15-5-4-10(13(17)18)7-9(15)3/h8-11H,4-7,14H2,1-3H3,(H,17,18)/t9?,10?,11-/m0/s1. The average molecular weight is 256 g/mol. The molecule has 0 spiro atoms. The number of hydrogen-bond acceptors (Lipinski definition) is 3. The maximum atomic E-state index is 12.2. The Hall–Kier alpha value is -1.10. The van der Waals surface area contributed by atoms with Crippen molar-refractivity contribution in [3.63, 3.8) is 0 Å². The second-order valence-electron chi connectivity index (χ2n) is 5.68. The topological polar surface area (TPSA) is 83.6 Å². The maximum absolute atomic E-state index is 12.2. The first-order valence-corrected chi connectivity index (χ1v) is 6.61. The molecule has 5 heteroatoms. The zero-order chi connectivity index (χ0) is 13.9. The van der Waals surface area contributed by atoms with Gasteiger partial charge in [0, 0.05) is 12.6 Å². The number of amides is 1. The number of carboxylic acid groups (broad SMARTS) is 1. The highest BCUT2D eigenvalue weighted by Crippen LogP contribution is 2.24. The predicted octanol–water partition coefficient (Wildman–Crippen LogP) is 1.07. The van der Waals surface area contributed by atoms with Gasteiger partial charge in [-0.05, 0) is 32.1 Å². The van der Waals surface area contributed by atoms with E-state index in [1.807, 2.05) is 20.8 Å². The predicted molar refractivity (Wildman–Crippen MR) is 69.0 cm³/mol. The lowest BCUT2D eigenvalue weighted by molar-refractivity contribution is -0.148. The van der Waals surface area contributed by atoms with Crippen LogP contribution in [0.4, 0.5) is 0 Å². The molecule has 0 bridgehead atoms. The molecule has 5 nitrogen and oxygen atoms in total. The molecule has 1 aliphatic rings. The third kappa shape index (κ3) is 3.70. The lowest BCUT2D eigenvalue weighted by atomic mass is 9.91. The van der Waals surface area contributed by atoms with Crippen LogP contribution in [0.15, 0.2) is 0 Å². The van der Waals surface area contributed by atoms with Gasteiger partial charge in [0.25, 0.3) is 0 Å². The Morgan fingerprint density at radius 1 is 1.44 bits per heavy atom. The zero-order valence-corrected chi connectivity index (χ0v) is 11.4. The van der Waals surface area contributed by atoms with E-state index in [1.54, 1.807) is 4.90 Å². The van der Waals surface area contributed by atoms with Gasteiger partial charge in [-0.1, -0.05) is 13.8 Å². The molecule has 0 aromatic rings. The number of nitrogens with two attached hydrogens (primary N) is 1. The van der Waals surface area contributed by atoms with Crippen molar-refractivity contribution in [2.45, 2.75) is 52.1 Å². The van der Waals surface area contributed by atoms with Gasteiger partial charge in [-0.3, -0.25) is 9.59 Å². The summed E-state index contributed by atoms with van der Waals surface area (Å²) in [6.45, 7) is 6.47. The molecular weight excluding hydrogens is 232 g/mol. The Bertz CT molecular complexity index is 317. The summed E-state index contributed by atoms with van der Waals surface area (Å²) in [5, 5.41) is 8.98. The van der Waals surface area contributed by atoms with Crippen LogP contribution in [-0.2, 0) is 9.59 Å². The van der Waals surface area contributed by atoms with Crippen LogP contribution in [0, 0.1) is 11.8 Å². The molecule has 3 N–H and O–H groups in total. The highest BCUT2D eigenvalue weighted by atomic mass is 16.4. The summed E-state index contributed by atoms with van der Waals surface area (Å²) in [4.78, 5) is 24.8. The molecule has 1 amide bonds. The summed E-state index contributed by atoms with van der Waals surface area (Å²) in [5.74, 6) is -0.748. The largest absolute Gasteiger partial charge is 0.481 e. The summed E-state index contributed by atoms with van der Waals surface area (Å²) in [5.41, 5.74) is 5.90. The Morgan fingerprint density at radius 3 is 2.50 bits per heavy atom. The van der Waals surface area contributed by atoms with E-state index in [0.29, 0.717) is 31.7 Å².